The molecular formula is C17H21N3O3S. The quantitative estimate of drug-likeness (QED) is 0.896. The molecule has 0 saturated carbocycles. The van der Waals surface area contributed by atoms with Gasteiger partial charge in [0.2, 0.25) is 5.76 Å². The van der Waals surface area contributed by atoms with Gasteiger partial charge >= 0.3 is 0 Å². The second-order valence-electron chi connectivity index (χ2n) is 6.54. The van der Waals surface area contributed by atoms with Gasteiger partial charge in [-0.25, -0.2) is 0 Å². The molecule has 7 heteroatoms. The van der Waals surface area contributed by atoms with Gasteiger partial charge in [-0.3, -0.25) is 9.69 Å². The van der Waals surface area contributed by atoms with E-state index in [-0.39, 0.29) is 17.8 Å². The molecule has 2 saturated heterocycles. The molecule has 1 amide bonds. The molecular weight excluding hydrogens is 326 g/mol. The highest BCUT2D eigenvalue weighted by Crippen LogP contribution is 2.34. The van der Waals surface area contributed by atoms with E-state index in [0.717, 1.165) is 26.2 Å². The van der Waals surface area contributed by atoms with Crippen LogP contribution >= 0.6 is 11.3 Å². The average Bonchev–Trinajstić information content (AvgIpc) is 3.34. The summed E-state index contributed by atoms with van der Waals surface area (Å²) in [4.78, 5) is 14.5. The monoisotopic (exact) mass is 347 g/mol. The number of piperidine rings is 1. The summed E-state index contributed by atoms with van der Waals surface area (Å²) in [7, 11) is 0. The molecule has 0 aliphatic carbocycles. The molecule has 2 aliphatic heterocycles. The number of fused-ring (bicyclic) bond motifs is 1. The van der Waals surface area contributed by atoms with Crippen molar-refractivity contribution < 1.29 is 14.1 Å². The molecule has 2 aromatic heterocycles. The summed E-state index contributed by atoms with van der Waals surface area (Å²) in [5.41, 5.74) is 1.38. The molecule has 1 N–H and O–H groups in total. The van der Waals surface area contributed by atoms with Gasteiger partial charge in [-0.15, -0.1) is 0 Å². The molecule has 2 aromatic rings. The van der Waals surface area contributed by atoms with Crippen molar-refractivity contribution in [3.63, 3.8) is 0 Å². The van der Waals surface area contributed by atoms with E-state index < -0.39 is 0 Å². The fraction of sp³-hybridized carbons (Fsp3) is 0.529. The van der Waals surface area contributed by atoms with E-state index in [1.807, 2.05) is 0 Å². The predicted molar refractivity (Wildman–Crippen MR) is 89.8 cm³/mol. The van der Waals surface area contributed by atoms with Crippen LogP contribution in [0.1, 0.15) is 22.5 Å². The fourth-order valence-corrected chi connectivity index (χ4v) is 4.37. The largest absolute Gasteiger partial charge is 0.376 e. The third kappa shape index (κ3) is 3.38. The van der Waals surface area contributed by atoms with E-state index in [0.29, 0.717) is 18.4 Å². The van der Waals surface area contributed by atoms with E-state index in [1.165, 1.54) is 18.2 Å². The van der Waals surface area contributed by atoms with Crippen LogP contribution in [0, 0.1) is 11.8 Å². The molecule has 24 heavy (non-hydrogen) atoms. The first-order chi connectivity index (χ1) is 11.8. The van der Waals surface area contributed by atoms with Crippen molar-refractivity contribution in [1.82, 2.24) is 15.4 Å². The first-order valence-electron chi connectivity index (χ1n) is 8.33. The summed E-state index contributed by atoms with van der Waals surface area (Å²) in [6, 6.07) is 3.76. The molecule has 2 aliphatic rings. The summed E-state index contributed by atoms with van der Waals surface area (Å²) in [5.74, 6) is 1.10. The van der Waals surface area contributed by atoms with Gasteiger partial charge in [0.05, 0.1) is 18.9 Å². The number of hydrogen-bond acceptors (Lipinski definition) is 6. The molecule has 0 bridgehead atoms. The molecule has 0 unspecified atom stereocenters. The molecule has 2 fully saturated rings. The standard InChI is InChI=1S/C17H21N3O3S/c21-17(15-1-4-19-23-15)18-7-16-14-9-20(5-2-13(14)10-22-16)8-12-3-6-24-11-12/h1,3-4,6,11,13-14,16H,2,5,7-10H2,(H,18,21)/t13-,14-,16+/m0/s1. The Morgan fingerprint density at radius 2 is 2.42 bits per heavy atom. The average molecular weight is 347 g/mol. The number of rotatable bonds is 5. The topological polar surface area (TPSA) is 67.6 Å². The summed E-state index contributed by atoms with van der Waals surface area (Å²) >= 11 is 1.75. The Kier molecular flexibility index (Phi) is 4.64. The lowest BCUT2D eigenvalue weighted by Gasteiger charge is -2.35. The number of likely N-dealkylation sites (tertiary alicyclic amines) is 1. The fourth-order valence-electron chi connectivity index (χ4n) is 3.71. The van der Waals surface area contributed by atoms with Gasteiger partial charge in [0.15, 0.2) is 0 Å². The zero-order valence-corrected chi connectivity index (χ0v) is 14.2. The van der Waals surface area contributed by atoms with Crippen molar-refractivity contribution in [3.05, 3.63) is 40.4 Å². The molecule has 0 aromatic carbocycles. The van der Waals surface area contributed by atoms with Gasteiger partial charge in [-0.2, -0.15) is 11.3 Å². The highest BCUT2D eigenvalue weighted by molar-refractivity contribution is 7.07. The first kappa shape index (κ1) is 15.8. The summed E-state index contributed by atoms with van der Waals surface area (Å²) in [6.07, 6.45) is 2.72. The van der Waals surface area contributed by atoms with Crippen LogP contribution in [0.25, 0.3) is 0 Å². The zero-order valence-electron chi connectivity index (χ0n) is 13.4. The molecule has 128 valence electrons. The van der Waals surface area contributed by atoms with Crippen LogP contribution in [0.2, 0.25) is 0 Å². The Morgan fingerprint density at radius 3 is 3.21 bits per heavy atom. The lowest BCUT2D eigenvalue weighted by atomic mass is 9.84. The number of ether oxygens (including phenoxy) is 1. The van der Waals surface area contributed by atoms with E-state index >= 15 is 0 Å². The van der Waals surface area contributed by atoms with Gasteiger partial charge in [0.1, 0.15) is 0 Å². The Balaban J connectivity index is 1.32. The second-order valence-corrected chi connectivity index (χ2v) is 7.32. The molecule has 0 spiro atoms. The Morgan fingerprint density at radius 1 is 1.46 bits per heavy atom. The van der Waals surface area contributed by atoms with Crippen LogP contribution in [0.15, 0.2) is 33.6 Å². The number of carbonyl (C=O) groups excluding carboxylic acids is 1. The number of carbonyl (C=O) groups is 1. The number of nitrogens with one attached hydrogen (secondary N) is 1. The lowest BCUT2D eigenvalue weighted by molar-refractivity contribution is 0.0664. The van der Waals surface area contributed by atoms with Crippen LogP contribution in [-0.4, -0.2) is 48.3 Å². The van der Waals surface area contributed by atoms with E-state index in [2.05, 4.69) is 32.2 Å². The van der Waals surface area contributed by atoms with Crippen LogP contribution in [0.4, 0.5) is 0 Å². The predicted octanol–water partition coefficient (Wildman–Crippen LogP) is 2.00. The highest BCUT2D eigenvalue weighted by Gasteiger charge is 2.40. The zero-order chi connectivity index (χ0) is 16.4. The maximum atomic E-state index is 12.0. The summed E-state index contributed by atoms with van der Waals surface area (Å²) < 4.78 is 10.8. The number of hydrogen-bond donors (Lipinski definition) is 1. The summed E-state index contributed by atoms with van der Waals surface area (Å²) in [6.45, 7) is 4.48. The lowest BCUT2D eigenvalue weighted by Crippen LogP contribution is -2.45. The van der Waals surface area contributed by atoms with E-state index in [4.69, 9.17) is 9.26 Å². The second kappa shape index (κ2) is 7.04. The smallest absolute Gasteiger partial charge is 0.289 e. The van der Waals surface area contributed by atoms with Gasteiger partial charge < -0.3 is 14.6 Å². The van der Waals surface area contributed by atoms with Crippen molar-refractivity contribution >= 4 is 17.2 Å². The molecule has 4 rings (SSSR count). The third-order valence-corrected chi connectivity index (χ3v) is 5.74. The maximum absolute atomic E-state index is 12.0. The van der Waals surface area contributed by atoms with Crippen molar-refractivity contribution in [2.45, 2.75) is 19.1 Å². The van der Waals surface area contributed by atoms with Crippen molar-refractivity contribution in [1.29, 1.82) is 0 Å². The van der Waals surface area contributed by atoms with Crippen molar-refractivity contribution in [3.8, 4) is 0 Å². The number of thiophene rings is 1. The number of amides is 1. The van der Waals surface area contributed by atoms with Crippen LogP contribution in [0.3, 0.4) is 0 Å². The molecule has 3 atom stereocenters. The minimum absolute atomic E-state index is 0.0761. The summed E-state index contributed by atoms with van der Waals surface area (Å²) in [5, 5.41) is 10.8. The Bertz CT molecular complexity index is 659. The molecule has 0 radical (unpaired) electrons. The maximum Gasteiger partial charge on any atom is 0.289 e. The van der Waals surface area contributed by atoms with E-state index in [9.17, 15) is 4.79 Å². The molecule has 4 heterocycles. The van der Waals surface area contributed by atoms with Crippen LogP contribution in [-0.2, 0) is 11.3 Å². The SMILES string of the molecule is O=C(NC[C@H]1OC[C@@H]2CCN(Cc3ccsc3)C[C@@H]21)c1ccno1. The van der Waals surface area contributed by atoms with Gasteiger partial charge in [0, 0.05) is 31.6 Å². The number of aromatic nitrogens is 1. The van der Waals surface area contributed by atoms with Gasteiger partial charge in [-0.1, -0.05) is 5.16 Å². The van der Waals surface area contributed by atoms with Gasteiger partial charge in [-0.05, 0) is 41.3 Å². The normalized spacial score (nSPS) is 27.1. The van der Waals surface area contributed by atoms with Crippen LogP contribution in [0.5, 0.6) is 0 Å². The van der Waals surface area contributed by atoms with Crippen molar-refractivity contribution in [2.75, 3.05) is 26.2 Å². The highest BCUT2D eigenvalue weighted by atomic mass is 32.1. The van der Waals surface area contributed by atoms with Crippen molar-refractivity contribution in [2.24, 2.45) is 11.8 Å². The van der Waals surface area contributed by atoms with Gasteiger partial charge in [0.25, 0.3) is 5.91 Å². The minimum atomic E-state index is -0.231. The molecule has 6 nitrogen and oxygen atoms in total. The van der Waals surface area contributed by atoms with Crippen LogP contribution < -0.4 is 5.32 Å². The Labute approximate surface area is 144 Å². The third-order valence-electron chi connectivity index (χ3n) is 5.00. The van der Waals surface area contributed by atoms with E-state index in [1.54, 1.807) is 17.4 Å². The minimum Gasteiger partial charge on any atom is -0.376 e. The first-order valence-corrected chi connectivity index (χ1v) is 9.28. The number of nitrogens with zero attached hydrogens (tertiary/aromatic N) is 2. The Hall–Kier alpha value is -1.70.